The van der Waals surface area contributed by atoms with E-state index in [1.807, 2.05) is 20.8 Å². The number of hydrogen-bond donors (Lipinski definition) is 1. The predicted octanol–water partition coefficient (Wildman–Crippen LogP) is 4.79. The standard InChI is InChI=1S/C18H38O3Si/c1-13(2)15(21-22(9,10)18(6,7)8)11-14(19)12-16(20)17(3,4)5/h13-15,19H,11-12H2,1-10H3/t14-,15-/m1/s1. The predicted molar refractivity (Wildman–Crippen MR) is 96.6 cm³/mol. The minimum atomic E-state index is -1.87. The van der Waals surface area contributed by atoms with E-state index in [0.29, 0.717) is 12.3 Å². The summed E-state index contributed by atoms with van der Waals surface area (Å²) in [4.78, 5) is 12.1. The zero-order valence-corrected chi connectivity index (χ0v) is 17.4. The average Bonchev–Trinajstić information content (AvgIpc) is 2.24. The molecule has 0 aromatic rings. The zero-order valence-electron chi connectivity index (χ0n) is 16.4. The second-order valence-corrected chi connectivity index (χ2v) is 14.2. The van der Waals surface area contributed by atoms with Crippen LogP contribution in [0.1, 0.15) is 68.2 Å². The SMILES string of the molecule is CC(C)[C@@H](C[C@@H](O)CC(=O)C(C)(C)C)O[Si](C)(C)C(C)(C)C. The van der Waals surface area contributed by atoms with Crippen LogP contribution in [0, 0.1) is 11.3 Å². The molecule has 0 aromatic carbocycles. The van der Waals surface area contributed by atoms with Gasteiger partial charge in [0, 0.05) is 17.9 Å². The van der Waals surface area contributed by atoms with Gasteiger partial charge < -0.3 is 9.53 Å². The summed E-state index contributed by atoms with van der Waals surface area (Å²) in [7, 11) is -1.87. The molecule has 0 saturated carbocycles. The smallest absolute Gasteiger partial charge is 0.192 e. The lowest BCUT2D eigenvalue weighted by molar-refractivity contribution is -0.128. The van der Waals surface area contributed by atoms with Crippen molar-refractivity contribution < 1.29 is 14.3 Å². The second kappa shape index (κ2) is 7.58. The van der Waals surface area contributed by atoms with Crippen molar-refractivity contribution in [1.29, 1.82) is 0 Å². The molecule has 3 nitrogen and oxygen atoms in total. The number of carbonyl (C=O) groups is 1. The van der Waals surface area contributed by atoms with Crippen LogP contribution < -0.4 is 0 Å². The largest absolute Gasteiger partial charge is 0.414 e. The molecule has 2 atom stereocenters. The fraction of sp³-hybridized carbons (Fsp3) is 0.944. The highest BCUT2D eigenvalue weighted by Gasteiger charge is 2.40. The van der Waals surface area contributed by atoms with Gasteiger partial charge in [0.1, 0.15) is 5.78 Å². The van der Waals surface area contributed by atoms with Crippen molar-refractivity contribution in [2.24, 2.45) is 11.3 Å². The quantitative estimate of drug-likeness (QED) is 0.683. The van der Waals surface area contributed by atoms with Crippen molar-refractivity contribution in [3.8, 4) is 0 Å². The van der Waals surface area contributed by atoms with Crippen molar-refractivity contribution >= 4 is 14.1 Å². The first-order valence-corrected chi connectivity index (χ1v) is 11.4. The third-order valence-corrected chi connectivity index (χ3v) is 9.26. The van der Waals surface area contributed by atoms with Gasteiger partial charge in [-0.15, -0.1) is 0 Å². The van der Waals surface area contributed by atoms with Gasteiger partial charge in [0.2, 0.25) is 0 Å². The molecule has 0 heterocycles. The summed E-state index contributed by atoms with van der Waals surface area (Å²) in [6.07, 6.45) is 0.132. The second-order valence-electron chi connectivity index (χ2n) is 9.43. The van der Waals surface area contributed by atoms with Gasteiger partial charge in [0.05, 0.1) is 6.10 Å². The van der Waals surface area contributed by atoms with Gasteiger partial charge in [-0.05, 0) is 30.5 Å². The first-order chi connectivity index (χ1) is 9.58. The Morgan fingerprint density at radius 3 is 1.86 bits per heavy atom. The Morgan fingerprint density at radius 2 is 1.55 bits per heavy atom. The van der Waals surface area contributed by atoms with E-state index in [0.717, 1.165) is 0 Å². The Hall–Kier alpha value is -0.193. The number of ketones is 1. The van der Waals surface area contributed by atoms with E-state index in [4.69, 9.17) is 4.43 Å². The Labute approximate surface area is 139 Å². The maximum absolute atomic E-state index is 12.1. The molecular formula is C18H38O3Si. The Bertz CT molecular complexity index is 362. The van der Waals surface area contributed by atoms with Crippen molar-refractivity contribution in [3.05, 3.63) is 0 Å². The van der Waals surface area contributed by atoms with Crippen LogP contribution in [0.4, 0.5) is 0 Å². The maximum Gasteiger partial charge on any atom is 0.192 e. The zero-order chi connectivity index (χ0) is 17.9. The number of carbonyl (C=O) groups excluding carboxylic acids is 1. The minimum absolute atomic E-state index is 0.00339. The van der Waals surface area contributed by atoms with Gasteiger partial charge in [-0.25, -0.2) is 0 Å². The average molecular weight is 331 g/mol. The van der Waals surface area contributed by atoms with E-state index in [1.165, 1.54) is 0 Å². The normalized spacial score (nSPS) is 16.7. The van der Waals surface area contributed by atoms with E-state index < -0.39 is 19.8 Å². The third-order valence-electron chi connectivity index (χ3n) is 4.76. The van der Waals surface area contributed by atoms with Gasteiger partial charge >= 0.3 is 0 Å². The Morgan fingerprint density at radius 1 is 1.09 bits per heavy atom. The minimum Gasteiger partial charge on any atom is -0.414 e. The van der Waals surface area contributed by atoms with Crippen molar-refractivity contribution in [3.63, 3.8) is 0 Å². The summed E-state index contributed by atoms with van der Waals surface area (Å²) >= 11 is 0. The van der Waals surface area contributed by atoms with Crippen molar-refractivity contribution in [1.82, 2.24) is 0 Å². The van der Waals surface area contributed by atoms with Crippen LogP contribution in [-0.4, -0.2) is 31.4 Å². The lowest BCUT2D eigenvalue weighted by Gasteiger charge is -2.41. The van der Waals surface area contributed by atoms with Crippen molar-refractivity contribution in [2.45, 2.75) is 98.6 Å². The molecule has 132 valence electrons. The number of hydrogen-bond acceptors (Lipinski definition) is 3. The Balaban J connectivity index is 4.84. The first kappa shape index (κ1) is 21.8. The summed E-state index contributed by atoms with van der Waals surface area (Å²) in [5, 5.41) is 10.5. The van der Waals surface area contributed by atoms with Crippen LogP contribution in [0.5, 0.6) is 0 Å². The van der Waals surface area contributed by atoms with E-state index in [1.54, 1.807) is 0 Å². The molecular weight excluding hydrogens is 292 g/mol. The topological polar surface area (TPSA) is 46.5 Å². The lowest BCUT2D eigenvalue weighted by Crippen LogP contribution is -2.46. The molecule has 0 fully saturated rings. The first-order valence-electron chi connectivity index (χ1n) is 8.47. The van der Waals surface area contributed by atoms with Crippen LogP contribution in [0.2, 0.25) is 18.1 Å². The van der Waals surface area contributed by atoms with E-state index in [2.05, 4.69) is 47.7 Å². The molecule has 0 saturated heterocycles. The highest BCUT2D eigenvalue weighted by atomic mass is 28.4. The molecule has 0 aliphatic carbocycles. The lowest BCUT2D eigenvalue weighted by atomic mass is 9.86. The summed E-state index contributed by atoms with van der Waals surface area (Å²) in [6, 6.07) is 0. The van der Waals surface area contributed by atoms with Crippen LogP contribution in [0.25, 0.3) is 0 Å². The molecule has 1 N–H and O–H groups in total. The Kier molecular flexibility index (Phi) is 7.52. The number of aliphatic hydroxyl groups is 1. The maximum atomic E-state index is 12.1. The molecule has 0 aliphatic rings. The van der Waals surface area contributed by atoms with Gasteiger partial charge in [-0.2, -0.15) is 0 Å². The van der Waals surface area contributed by atoms with Gasteiger partial charge in [0.15, 0.2) is 8.32 Å². The fourth-order valence-electron chi connectivity index (χ4n) is 1.88. The monoisotopic (exact) mass is 330 g/mol. The summed E-state index contributed by atoms with van der Waals surface area (Å²) in [5.41, 5.74) is -0.394. The number of rotatable bonds is 7. The fourth-order valence-corrected chi connectivity index (χ4v) is 3.36. The summed E-state index contributed by atoms with van der Waals surface area (Å²) in [5.74, 6) is 0.434. The summed E-state index contributed by atoms with van der Waals surface area (Å²) in [6.45, 7) is 21.1. The molecule has 22 heavy (non-hydrogen) atoms. The highest BCUT2D eigenvalue weighted by molar-refractivity contribution is 6.74. The van der Waals surface area contributed by atoms with Crippen LogP contribution in [-0.2, 0) is 9.22 Å². The molecule has 0 rings (SSSR count). The molecule has 4 heteroatoms. The van der Waals surface area contributed by atoms with E-state index in [-0.39, 0.29) is 23.3 Å². The highest BCUT2D eigenvalue weighted by Crippen LogP contribution is 2.38. The number of Topliss-reactive ketones (excluding diaryl/α,β-unsaturated/α-hetero) is 1. The van der Waals surface area contributed by atoms with E-state index in [9.17, 15) is 9.90 Å². The molecule has 0 aromatic heterocycles. The molecule has 0 bridgehead atoms. The molecule has 0 unspecified atom stereocenters. The third kappa shape index (κ3) is 6.92. The summed E-state index contributed by atoms with van der Waals surface area (Å²) < 4.78 is 6.47. The van der Waals surface area contributed by atoms with Crippen LogP contribution in [0.15, 0.2) is 0 Å². The molecule has 0 spiro atoms. The van der Waals surface area contributed by atoms with Crippen molar-refractivity contribution in [2.75, 3.05) is 0 Å². The van der Waals surface area contributed by atoms with Crippen LogP contribution in [0.3, 0.4) is 0 Å². The molecule has 0 amide bonds. The molecule has 0 aliphatic heterocycles. The van der Waals surface area contributed by atoms with Gasteiger partial charge in [0.25, 0.3) is 0 Å². The molecule has 0 radical (unpaired) electrons. The number of aliphatic hydroxyl groups excluding tert-OH is 1. The van der Waals surface area contributed by atoms with Crippen LogP contribution >= 0.6 is 0 Å². The van der Waals surface area contributed by atoms with E-state index >= 15 is 0 Å². The van der Waals surface area contributed by atoms with Gasteiger partial charge in [-0.1, -0.05) is 55.4 Å². The van der Waals surface area contributed by atoms with Gasteiger partial charge in [-0.3, -0.25) is 4.79 Å².